The van der Waals surface area contributed by atoms with E-state index in [2.05, 4.69) is 10.3 Å². The molecule has 1 amide bonds. The second-order valence-electron chi connectivity index (χ2n) is 3.87. The van der Waals surface area contributed by atoms with E-state index in [-0.39, 0.29) is 5.91 Å². The standard InChI is InChI=1S/C12H15N3OS/c1-9-11(17-10(2)14-9)7-13-12(16)8-15-5-3-4-6-15/h3-6H,7-8H2,1-2H3,(H,13,16). The molecule has 4 nitrogen and oxygen atoms in total. The van der Waals surface area contributed by atoms with Gasteiger partial charge in [-0.15, -0.1) is 11.3 Å². The lowest BCUT2D eigenvalue weighted by Crippen LogP contribution is -2.26. The van der Waals surface area contributed by atoms with Gasteiger partial charge in [-0.25, -0.2) is 4.98 Å². The van der Waals surface area contributed by atoms with Gasteiger partial charge < -0.3 is 9.88 Å². The van der Waals surface area contributed by atoms with Crippen LogP contribution < -0.4 is 5.32 Å². The lowest BCUT2D eigenvalue weighted by molar-refractivity contribution is -0.121. The maximum Gasteiger partial charge on any atom is 0.240 e. The van der Waals surface area contributed by atoms with Crippen LogP contribution in [0.2, 0.25) is 0 Å². The molecule has 0 unspecified atom stereocenters. The molecule has 2 rings (SSSR count). The summed E-state index contributed by atoms with van der Waals surface area (Å²) >= 11 is 1.63. The Hall–Kier alpha value is -1.62. The zero-order valence-electron chi connectivity index (χ0n) is 9.93. The SMILES string of the molecule is Cc1nc(C)c(CNC(=O)Cn2cccc2)s1. The Morgan fingerprint density at radius 3 is 2.71 bits per heavy atom. The number of nitrogens with one attached hydrogen (secondary N) is 1. The number of aromatic nitrogens is 2. The fraction of sp³-hybridized carbons (Fsp3) is 0.333. The van der Waals surface area contributed by atoms with Crippen LogP contribution in [-0.2, 0) is 17.9 Å². The van der Waals surface area contributed by atoms with Gasteiger partial charge in [0.25, 0.3) is 0 Å². The Morgan fingerprint density at radius 2 is 2.12 bits per heavy atom. The maximum absolute atomic E-state index is 11.7. The smallest absolute Gasteiger partial charge is 0.240 e. The number of aryl methyl sites for hydroxylation is 2. The van der Waals surface area contributed by atoms with Gasteiger partial charge in [0.15, 0.2) is 0 Å². The number of carbonyl (C=O) groups is 1. The first-order valence-electron chi connectivity index (χ1n) is 5.45. The number of thiazole rings is 1. The van der Waals surface area contributed by atoms with E-state index in [1.807, 2.05) is 42.9 Å². The highest BCUT2D eigenvalue weighted by Crippen LogP contribution is 2.16. The molecule has 17 heavy (non-hydrogen) atoms. The fourth-order valence-electron chi connectivity index (χ4n) is 1.61. The summed E-state index contributed by atoms with van der Waals surface area (Å²) in [7, 11) is 0. The minimum absolute atomic E-state index is 0.0200. The topological polar surface area (TPSA) is 46.9 Å². The first-order valence-corrected chi connectivity index (χ1v) is 6.27. The van der Waals surface area contributed by atoms with E-state index in [9.17, 15) is 4.79 Å². The minimum atomic E-state index is 0.0200. The van der Waals surface area contributed by atoms with Crippen molar-refractivity contribution < 1.29 is 4.79 Å². The van der Waals surface area contributed by atoms with Crippen molar-refractivity contribution in [2.75, 3.05) is 0 Å². The van der Waals surface area contributed by atoms with Crippen LogP contribution in [0, 0.1) is 13.8 Å². The van der Waals surface area contributed by atoms with Gasteiger partial charge in [-0.05, 0) is 26.0 Å². The third-order valence-electron chi connectivity index (χ3n) is 2.44. The van der Waals surface area contributed by atoms with Crippen LogP contribution in [0.1, 0.15) is 15.6 Å². The molecule has 0 aromatic carbocycles. The second kappa shape index (κ2) is 5.14. The molecule has 90 valence electrons. The van der Waals surface area contributed by atoms with Crippen LogP contribution >= 0.6 is 11.3 Å². The highest BCUT2D eigenvalue weighted by molar-refractivity contribution is 7.11. The van der Waals surface area contributed by atoms with Gasteiger partial charge in [0.05, 0.1) is 17.2 Å². The van der Waals surface area contributed by atoms with E-state index < -0.39 is 0 Å². The van der Waals surface area contributed by atoms with Gasteiger partial charge in [-0.2, -0.15) is 0 Å². The maximum atomic E-state index is 11.7. The van der Waals surface area contributed by atoms with Crippen molar-refractivity contribution in [3.8, 4) is 0 Å². The predicted molar refractivity (Wildman–Crippen MR) is 67.9 cm³/mol. The summed E-state index contributed by atoms with van der Waals surface area (Å²) in [6.07, 6.45) is 3.75. The third-order valence-corrected chi connectivity index (χ3v) is 3.51. The summed E-state index contributed by atoms with van der Waals surface area (Å²) in [5.74, 6) is 0.0200. The molecular weight excluding hydrogens is 234 g/mol. The normalized spacial score (nSPS) is 10.5. The van der Waals surface area contributed by atoms with Gasteiger partial charge in [0, 0.05) is 17.3 Å². The highest BCUT2D eigenvalue weighted by Gasteiger charge is 2.07. The number of carbonyl (C=O) groups excluding carboxylic acids is 1. The molecule has 0 aliphatic rings. The first-order chi connectivity index (χ1) is 8.15. The van der Waals surface area contributed by atoms with Gasteiger partial charge >= 0.3 is 0 Å². The molecule has 0 spiro atoms. The van der Waals surface area contributed by atoms with Crippen LogP contribution in [0.15, 0.2) is 24.5 Å². The van der Waals surface area contributed by atoms with E-state index in [0.29, 0.717) is 13.1 Å². The van der Waals surface area contributed by atoms with E-state index in [4.69, 9.17) is 0 Å². The van der Waals surface area contributed by atoms with Crippen LogP contribution in [0.5, 0.6) is 0 Å². The van der Waals surface area contributed by atoms with Gasteiger partial charge in [-0.3, -0.25) is 4.79 Å². The molecule has 2 aromatic rings. The van der Waals surface area contributed by atoms with Crippen LogP contribution in [0.4, 0.5) is 0 Å². The van der Waals surface area contributed by atoms with Crippen molar-refractivity contribution in [2.45, 2.75) is 26.9 Å². The average Bonchev–Trinajstić information content (AvgIpc) is 2.86. The molecule has 0 fully saturated rings. The number of amides is 1. The second-order valence-corrected chi connectivity index (χ2v) is 5.16. The van der Waals surface area contributed by atoms with Crippen molar-refractivity contribution in [1.82, 2.24) is 14.9 Å². The molecular formula is C12H15N3OS. The molecule has 2 heterocycles. The Labute approximate surface area is 104 Å². The molecule has 5 heteroatoms. The summed E-state index contributed by atoms with van der Waals surface area (Å²) in [4.78, 5) is 17.1. The average molecular weight is 249 g/mol. The summed E-state index contributed by atoms with van der Waals surface area (Å²) in [5.41, 5.74) is 1.01. The van der Waals surface area contributed by atoms with Crippen molar-refractivity contribution in [1.29, 1.82) is 0 Å². The van der Waals surface area contributed by atoms with Gasteiger partial charge in [0.2, 0.25) is 5.91 Å². The van der Waals surface area contributed by atoms with Crippen molar-refractivity contribution in [2.24, 2.45) is 0 Å². The Bertz CT molecular complexity index is 502. The lowest BCUT2D eigenvalue weighted by atomic mass is 10.4. The molecule has 0 radical (unpaired) electrons. The summed E-state index contributed by atoms with van der Waals surface area (Å²) in [6.45, 7) is 4.88. The molecule has 0 saturated carbocycles. The van der Waals surface area contributed by atoms with Crippen LogP contribution in [0.3, 0.4) is 0 Å². The van der Waals surface area contributed by atoms with E-state index >= 15 is 0 Å². The monoisotopic (exact) mass is 249 g/mol. The molecule has 1 N–H and O–H groups in total. The summed E-state index contributed by atoms with van der Waals surface area (Å²) in [6, 6.07) is 3.81. The van der Waals surface area contributed by atoms with Crippen LogP contribution in [0.25, 0.3) is 0 Å². The highest BCUT2D eigenvalue weighted by atomic mass is 32.1. The van der Waals surface area contributed by atoms with Gasteiger partial charge in [-0.1, -0.05) is 0 Å². The zero-order chi connectivity index (χ0) is 12.3. The Kier molecular flexibility index (Phi) is 3.58. The van der Waals surface area contributed by atoms with Gasteiger partial charge in [0.1, 0.15) is 6.54 Å². The number of rotatable bonds is 4. The molecule has 0 bridgehead atoms. The minimum Gasteiger partial charge on any atom is -0.350 e. The Morgan fingerprint density at radius 1 is 1.41 bits per heavy atom. The molecule has 0 aliphatic heterocycles. The van der Waals surface area contributed by atoms with E-state index in [0.717, 1.165) is 15.6 Å². The van der Waals surface area contributed by atoms with E-state index in [1.165, 1.54) is 0 Å². The first kappa shape index (κ1) is 11.9. The third kappa shape index (κ3) is 3.17. The van der Waals surface area contributed by atoms with E-state index in [1.54, 1.807) is 11.3 Å². The quantitative estimate of drug-likeness (QED) is 0.899. The van der Waals surface area contributed by atoms with Crippen molar-refractivity contribution in [3.05, 3.63) is 40.1 Å². The van der Waals surface area contributed by atoms with Crippen molar-refractivity contribution in [3.63, 3.8) is 0 Å². The summed E-state index contributed by atoms with van der Waals surface area (Å²) < 4.78 is 1.85. The fourth-order valence-corrected chi connectivity index (χ4v) is 2.49. The number of hydrogen-bond donors (Lipinski definition) is 1. The van der Waals surface area contributed by atoms with Crippen LogP contribution in [-0.4, -0.2) is 15.5 Å². The zero-order valence-corrected chi connectivity index (χ0v) is 10.8. The molecule has 2 aromatic heterocycles. The Balaban J connectivity index is 1.86. The molecule has 0 atom stereocenters. The predicted octanol–water partition coefficient (Wildman–Crippen LogP) is 1.88. The molecule has 0 aliphatic carbocycles. The number of nitrogens with zero attached hydrogens (tertiary/aromatic N) is 2. The van der Waals surface area contributed by atoms with Crippen molar-refractivity contribution >= 4 is 17.2 Å². The lowest BCUT2D eigenvalue weighted by Gasteiger charge is -2.05. The number of hydrogen-bond acceptors (Lipinski definition) is 3. The molecule has 0 saturated heterocycles. The largest absolute Gasteiger partial charge is 0.350 e. The summed E-state index contributed by atoms with van der Waals surface area (Å²) in [5, 5.41) is 3.94.